The zero-order chi connectivity index (χ0) is 13.2. The number of carbonyl (C=O) groups is 1. The molecule has 0 spiro atoms. The number of halogens is 1. The minimum absolute atomic E-state index is 0.175. The first-order chi connectivity index (χ1) is 9.24. The van der Waals surface area contributed by atoms with Crippen LogP contribution in [-0.2, 0) is 0 Å². The second-order valence-corrected chi connectivity index (χ2v) is 3.96. The topological polar surface area (TPSA) is 44.8 Å². The quantitative estimate of drug-likeness (QED) is 0.795. The monoisotopic (exact) mass is 260 g/mol. The number of ether oxygens (including phenoxy) is 3. The van der Waals surface area contributed by atoms with E-state index in [0.717, 1.165) is 6.07 Å². The largest absolute Gasteiger partial charge is 0.457 e. The summed E-state index contributed by atoms with van der Waals surface area (Å²) in [5, 5.41) is 0. The van der Waals surface area contributed by atoms with Gasteiger partial charge in [0.05, 0.1) is 0 Å². The highest BCUT2D eigenvalue weighted by molar-refractivity contribution is 5.75. The van der Waals surface area contributed by atoms with Crippen LogP contribution in [0, 0.1) is 5.82 Å². The fourth-order valence-corrected chi connectivity index (χ4v) is 1.79. The van der Waals surface area contributed by atoms with Crippen molar-refractivity contribution in [1.82, 2.24) is 0 Å². The third-order valence-electron chi connectivity index (χ3n) is 2.61. The van der Waals surface area contributed by atoms with Crippen LogP contribution in [-0.4, -0.2) is 13.1 Å². The molecule has 0 aromatic heterocycles. The molecular weight excluding hydrogens is 251 g/mol. The summed E-state index contributed by atoms with van der Waals surface area (Å²) in [7, 11) is 0. The molecule has 1 aliphatic heterocycles. The van der Waals surface area contributed by atoms with Crippen LogP contribution in [0.2, 0.25) is 0 Å². The van der Waals surface area contributed by atoms with Gasteiger partial charge in [-0.25, -0.2) is 4.39 Å². The van der Waals surface area contributed by atoms with Crippen molar-refractivity contribution in [2.24, 2.45) is 0 Å². The minimum Gasteiger partial charge on any atom is -0.457 e. The fourth-order valence-electron chi connectivity index (χ4n) is 1.79. The molecule has 2 aromatic rings. The first-order valence-electron chi connectivity index (χ1n) is 5.58. The van der Waals surface area contributed by atoms with Gasteiger partial charge in [0, 0.05) is 17.7 Å². The molecule has 0 fully saturated rings. The molecular formula is C14H9FO4. The van der Waals surface area contributed by atoms with Crippen LogP contribution in [0.15, 0.2) is 36.4 Å². The summed E-state index contributed by atoms with van der Waals surface area (Å²) in [4.78, 5) is 10.7. The highest BCUT2D eigenvalue weighted by Crippen LogP contribution is 2.36. The molecule has 0 N–H and O–H groups in total. The molecule has 96 valence electrons. The Hall–Kier alpha value is -2.56. The van der Waals surface area contributed by atoms with Gasteiger partial charge < -0.3 is 14.2 Å². The van der Waals surface area contributed by atoms with Gasteiger partial charge in [-0.3, -0.25) is 4.79 Å². The predicted molar refractivity (Wildman–Crippen MR) is 64.4 cm³/mol. The zero-order valence-electron chi connectivity index (χ0n) is 9.76. The molecule has 1 aliphatic rings. The number of benzene rings is 2. The van der Waals surface area contributed by atoms with Gasteiger partial charge in [-0.2, -0.15) is 0 Å². The van der Waals surface area contributed by atoms with Gasteiger partial charge in [0.25, 0.3) is 0 Å². The second kappa shape index (κ2) is 4.61. The first kappa shape index (κ1) is 11.5. The molecule has 0 radical (unpaired) electrons. The highest BCUT2D eigenvalue weighted by Gasteiger charge is 2.14. The average Bonchev–Trinajstić information content (AvgIpc) is 2.85. The minimum atomic E-state index is -0.527. The van der Waals surface area contributed by atoms with Crippen molar-refractivity contribution in [1.29, 1.82) is 0 Å². The molecule has 2 aromatic carbocycles. The van der Waals surface area contributed by atoms with Crippen molar-refractivity contribution in [3.05, 3.63) is 47.8 Å². The normalized spacial score (nSPS) is 12.3. The van der Waals surface area contributed by atoms with Crippen LogP contribution in [0.4, 0.5) is 4.39 Å². The van der Waals surface area contributed by atoms with Crippen molar-refractivity contribution in [3.8, 4) is 23.0 Å². The Balaban J connectivity index is 1.88. The molecule has 5 heteroatoms. The molecule has 19 heavy (non-hydrogen) atoms. The lowest BCUT2D eigenvalue weighted by molar-refractivity contribution is 0.112. The van der Waals surface area contributed by atoms with Crippen LogP contribution < -0.4 is 14.2 Å². The number of carbonyl (C=O) groups excluding carboxylic acids is 1. The van der Waals surface area contributed by atoms with Gasteiger partial charge in [0.1, 0.15) is 23.6 Å². The van der Waals surface area contributed by atoms with Crippen molar-refractivity contribution >= 4 is 6.29 Å². The summed E-state index contributed by atoms with van der Waals surface area (Å²) < 4.78 is 29.1. The first-order valence-corrected chi connectivity index (χ1v) is 5.58. The third-order valence-corrected chi connectivity index (χ3v) is 2.61. The molecule has 0 amide bonds. The van der Waals surface area contributed by atoms with Crippen LogP contribution in [0.5, 0.6) is 23.0 Å². The number of fused-ring (bicyclic) bond motifs is 1. The van der Waals surface area contributed by atoms with Crippen molar-refractivity contribution in [2.75, 3.05) is 6.79 Å². The van der Waals surface area contributed by atoms with Gasteiger partial charge >= 0.3 is 0 Å². The van der Waals surface area contributed by atoms with E-state index in [-0.39, 0.29) is 18.1 Å². The summed E-state index contributed by atoms with van der Waals surface area (Å²) in [6.45, 7) is 0.175. The van der Waals surface area contributed by atoms with Gasteiger partial charge in [0.2, 0.25) is 6.79 Å². The molecule has 0 unspecified atom stereocenters. The summed E-state index contributed by atoms with van der Waals surface area (Å²) in [6.07, 6.45) is 0.565. The Morgan fingerprint density at radius 3 is 2.74 bits per heavy atom. The van der Waals surface area contributed by atoms with E-state index in [4.69, 9.17) is 14.2 Å². The van der Waals surface area contributed by atoms with Gasteiger partial charge in [-0.1, -0.05) is 0 Å². The van der Waals surface area contributed by atoms with Gasteiger partial charge in [-0.05, 0) is 24.3 Å². The summed E-state index contributed by atoms with van der Waals surface area (Å²) in [5.41, 5.74) is 0.218. The Morgan fingerprint density at radius 2 is 1.89 bits per heavy atom. The number of hydrogen-bond acceptors (Lipinski definition) is 4. The lowest BCUT2D eigenvalue weighted by atomic mass is 10.2. The lowest BCUT2D eigenvalue weighted by Gasteiger charge is -2.07. The maximum Gasteiger partial charge on any atom is 0.231 e. The van der Waals surface area contributed by atoms with Crippen molar-refractivity contribution in [2.45, 2.75) is 0 Å². The molecule has 0 saturated carbocycles. The van der Waals surface area contributed by atoms with E-state index in [1.54, 1.807) is 18.2 Å². The molecule has 0 atom stereocenters. The molecule has 4 nitrogen and oxygen atoms in total. The van der Waals surface area contributed by atoms with E-state index in [1.165, 1.54) is 12.1 Å². The van der Waals surface area contributed by atoms with Crippen LogP contribution in [0.25, 0.3) is 0 Å². The van der Waals surface area contributed by atoms with Crippen LogP contribution in [0.3, 0.4) is 0 Å². The Kier molecular flexibility index (Phi) is 2.79. The molecule has 0 saturated heterocycles. The average molecular weight is 260 g/mol. The van der Waals surface area contributed by atoms with E-state index in [0.29, 0.717) is 23.5 Å². The van der Waals surface area contributed by atoms with Gasteiger partial charge in [-0.15, -0.1) is 0 Å². The highest BCUT2D eigenvalue weighted by atomic mass is 19.1. The van der Waals surface area contributed by atoms with Crippen LogP contribution in [0.1, 0.15) is 10.4 Å². The lowest BCUT2D eigenvalue weighted by Crippen LogP contribution is -1.92. The van der Waals surface area contributed by atoms with E-state index >= 15 is 0 Å². The zero-order valence-corrected chi connectivity index (χ0v) is 9.76. The summed E-state index contributed by atoms with van der Waals surface area (Å²) in [6, 6.07) is 8.84. The maximum atomic E-state index is 13.3. The molecule has 3 rings (SSSR count). The third kappa shape index (κ3) is 2.35. The van der Waals surface area contributed by atoms with Gasteiger partial charge in [0.15, 0.2) is 11.5 Å². The molecule has 1 heterocycles. The van der Waals surface area contributed by atoms with E-state index in [2.05, 4.69) is 0 Å². The standard InChI is InChI=1S/C14H9FO4/c15-10-3-9(7-16)4-12(5-10)19-11-1-2-13-14(6-11)18-8-17-13/h1-7H,8H2. The molecule has 0 aliphatic carbocycles. The summed E-state index contributed by atoms with van der Waals surface area (Å²) in [5.74, 6) is 1.41. The predicted octanol–water partition coefficient (Wildman–Crippen LogP) is 3.16. The Bertz CT molecular complexity index is 639. The number of hydrogen-bond donors (Lipinski definition) is 0. The van der Waals surface area contributed by atoms with Crippen molar-refractivity contribution < 1.29 is 23.4 Å². The van der Waals surface area contributed by atoms with E-state index < -0.39 is 5.82 Å². The second-order valence-electron chi connectivity index (χ2n) is 3.96. The SMILES string of the molecule is O=Cc1cc(F)cc(Oc2ccc3c(c2)OCO3)c1. The fraction of sp³-hybridized carbons (Fsp3) is 0.0714. The maximum absolute atomic E-state index is 13.3. The molecule has 0 bridgehead atoms. The Labute approximate surface area is 108 Å². The Morgan fingerprint density at radius 1 is 1.05 bits per heavy atom. The number of aldehydes is 1. The number of rotatable bonds is 3. The van der Waals surface area contributed by atoms with E-state index in [1.807, 2.05) is 0 Å². The van der Waals surface area contributed by atoms with E-state index in [9.17, 15) is 9.18 Å². The van der Waals surface area contributed by atoms with Crippen molar-refractivity contribution in [3.63, 3.8) is 0 Å². The van der Waals surface area contributed by atoms with Crippen LogP contribution >= 0.6 is 0 Å². The summed E-state index contributed by atoms with van der Waals surface area (Å²) >= 11 is 0. The smallest absolute Gasteiger partial charge is 0.231 e.